The first kappa shape index (κ1) is 60.9. The van der Waals surface area contributed by atoms with Gasteiger partial charge in [-0.15, -0.1) is 0 Å². The van der Waals surface area contributed by atoms with E-state index in [9.17, 15) is 10.2 Å². The standard InChI is InChI=1S/2C39H36OP2.Cu/c2*1-39(40,42(36-26-14-5-15-27-36,37-28-16-6-17-29-37)38-30-18-7-19-31-38)32-41(33-20-8-2-9-21-33,34-22-10-3-11-23-34)35-24-12-4-13-25-35;/h2*2-31,40H,32H2,1H3;/q2*+2;. The van der Waals surface area contributed by atoms with E-state index < -0.39 is 39.7 Å². The third kappa shape index (κ3) is 11.8. The molecule has 12 rings (SSSR count). The topological polar surface area (TPSA) is 40.5 Å². The van der Waals surface area contributed by atoms with E-state index in [1.54, 1.807) is 0 Å². The van der Waals surface area contributed by atoms with Gasteiger partial charge in [-0.3, -0.25) is 0 Å². The van der Waals surface area contributed by atoms with Crippen LogP contribution in [0.5, 0.6) is 0 Å². The van der Waals surface area contributed by atoms with Gasteiger partial charge in [-0.1, -0.05) is 218 Å². The maximum atomic E-state index is 13.6. The molecule has 0 aliphatic rings. The minimum atomic E-state index is -2.63. The van der Waals surface area contributed by atoms with Gasteiger partial charge < -0.3 is 10.2 Å². The van der Waals surface area contributed by atoms with E-state index in [0.29, 0.717) is 12.3 Å². The molecule has 0 aromatic heterocycles. The van der Waals surface area contributed by atoms with Crippen LogP contribution in [0.3, 0.4) is 0 Å². The second kappa shape index (κ2) is 27.4. The summed E-state index contributed by atoms with van der Waals surface area (Å²) in [6, 6.07) is 130. The van der Waals surface area contributed by atoms with Crippen molar-refractivity contribution in [1.29, 1.82) is 0 Å². The average molecular weight is 1230 g/mol. The van der Waals surface area contributed by atoms with E-state index in [-0.39, 0.29) is 17.1 Å². The Morgan fingerprint density at radius 3 is 0.424 bits per heavy atom. The van der Waals surface area contributed by atoms with Crippen LogP contribution in [0.2, 0.25) is 0 Å². The smallest absolute Gasteiger partial charge is 0.220 e. The van der Waals surface area contributed by atoms with Gasteiger partial charge >= 0.3 is 0 Å². The summed E-state index contributed by atoms with van der Waals surface area (Å²) in [5.74, 6) is 0. The molecule has 12 aromatic carbocycles. The molecule has 0 saturated carbocycles. The third-order valence-electron chi connectivity index (χ3n) is 16.6. The summed E-state index contributed by atoms with van der Waals surface area (Å²) in [4.78, 5) is 0. The minimum absolute atomic E-state index is 0. The maximum absolute atomic E-state index is 13.6. The Morgan fingerprint density at radius 1 is 0.200 bits per heavy atom. The molecular weight excluding hydrogens is 1160 g/mol. The van der Waals surface area contributed by atoms with Crippen molar-refractivity contribution >= 4 is 92.7 Å². The first-order chi connectivity index (χ1) is 41.2. The zero-order valence-electron chi connectivity index (χ0n) is 48.0. The second-order valence-electron chi connectivity index (χ2n) is 21.7. The van der Waals surface area contributed by atoms with Crippen molar-refractivity contribution < 1.29 is 27.3 Å². The number of hydrogen-bond donors (Lipinski definition) is 2. The minimum Gasteiger partial charge on any atom is -0.353 e. The molecule has 0 heterocycles. The van der Waals surface area contributed by atoms with Crippen LogP contribution in [-0.4, -0.2) is 33.2 Å². The fourth-order valence-electron chi connectivity index (χ4n) is 13.1. The normalized spacial score (nSPS) is 13.1. The molecule has 7 heteroatoms. The summed E-state index contributed by atoms with van der Waals surface area (Å²) in [7, 11) is -9.97. The van der Waals surface area contributed by atoms with Crippen LogP contribution >= 0.6 is 29.0 Å². The van der Waals surface area contributed by atoms with Gasteiger partial charge in [0.05, 0.1) is 0 Å². The molecule has 2 nitrogen and oxygen atoms in total. The number of benzene rings is 12. The molecule has 423 valence electrons. The van der Waals surface area contributed by atoms with Crippen LogP contribution in [0.4, 0.5) is 0 Å². The quantitative estimate of drug-likeness (QED) is 0.0664. The number of hydrogen-bond acceptors (Lipinski definition) is 2. The van der Waals surface area contributed by atoms with Crippen molar-refractivity contribution in [2.75, 3.05) is 12.3 Å². The van der Waals surface area contributed by atoms with Gasteiger partial charge in [0.1, 0.15) is 105 Å². The zero-order valence-corrected chi connectivity index (χ0v) is 52.6. The molecule has 0 spiro atoms. The maximum Gasteiger partial charge on any atom is 0.220 e. The molecule has 2 unspecified atom stereocenters. The summed E-state index contributed by atoms with van der Waals surface area (Å²) in [5.41, 5.74) is 0. The molecule has 0 fully saturated rings. The molecule has 2 N–H and O–H groups in total. The monoisotopic (exact) mass is 1230 g/mol. The van der Waals surface area contributed by atoms with E-state index in [2.05, 4.69) is 378 Å². The van der Waals surface area contributed by atoms with Crippen LogP contribution in [-0.2, 0) is 17.1 Å². The van der Waals surface area contributed by atoms with Gasteiger partial charge in [0.2, 0.25) is 10.7 Å². The van der Waals surface area contributed by atoms with Gasteiger partial charge in [0, 0.05) is 30.9 Å². The number of aliphatic hydroxyl groups is 2. The van der Waals surface area contributed by atoms with E-state index in [0.717, 1.165) is 0 Å². The Balaban J connectivity index is 0.000000187. The van der Waals surface area contributed by atoms with Crippen LogP contribution < -0.4 is 63.7 Å². The van der Waals surface area contributed by atoms with E-state index in [4.69, 9.17) is 0 Å². The summed E-state index contributed by atoms with van der Waals surface area (Å²) in [6.07, 6.45) is 1.18. The Bertz CT molecular complexity index is 3260. The Morgan fingerprint density at radius 2 is 0.306 bits per heavy atom. The largest absolute Gasteiger partial charge is 0.353 e. The molecule has 0 aliphatic carbocycles. The van der Waals surface area contributed by atoms with E-state index in [1.807, 2.05) is 0 Å². The van der Waals surface area contributed by atoms with Crippen LogP contribution in [0.25, 0.3) is 0 Å². The van der Waals surface area contributed by atoms with E-state index >= 15 is 0 Å². The summed E-state index contributed by atoms with van der Waals surface area (Å²) < 4.78 is 0. The van der Waals surface area contributed by atoms with Crippen molar-refractivity contribution in [1.82, 2.24) is 0 Å². The molecule has 0 saturated heterocycles. The molecule has 2 atom stereocenters. The summed E-state index contributed by atoms with van der Waals surface area (Å²) >= 11 is 0. The molecule has 0 bridgehead atoms. The van der Waals surface area contributed by atoms with Crippen LogP contribution in [0, 0.1) is 0 Å². The van der Waals surface area contributed by atoms with Crippen LogP contribution in [0.1, 0.15) is 13.8 Å². The zero-order chi connectivity index (χ0) is 57.8. The van der Waals surface area contributed by atoms with Crippen molar-refractivity contribution in [3.05, 3.63) is 364 Å². The summed E-state index contributed by atoms with van der Waals surface area (Å²) in [5, 5.41) is 39.6. The van der Waals surface area contributed by atoms with Gasteiger partial charge in [-0.25, -0.2) is 0 Å². The van der Waals surface area contributed by atoms with Gasteiger partial charge in [0.15, 0.2) is 0 Å². The predicted octanol–water partition coefficient (Wildman–Crippen LogP) is 13.4. The molecule has 12 aromatic rings. The molecule has 0 amide bonds. The Hall–Kier alpha value is -7.20. The first-order valence-corrected chi connectivity index (χ1v) is 36.4. The van der Waals surface area contributed by atoms with Gasteiger partial charge in [0.25, 0.3) is 0 Å². The fraction of sp³-hybridized carbons (Fsp3) is 0.0769. The molecule has 1 radical (unpaired) electrons. The van der Waals surface area contributed by atoms with E-state index in [1.165, 1.54) is 63.7 Å². The van der Waals surface area contributed by atoms with Gasteiger partial charge in [-0.2, -0.15) is 0 Å². The average Bonchev–Trinajstić information content (AvgIpc) is 0.904. The molecule has 0 aliphatic heterocycles. The third-order valence-corrected chi connectivity index (χ3v) is 36.0. The fourth-order valence-corrected chi connectivity index (χ4v) is 33.7. The van der Waals surface area contributed by atoms with Crippen molar-refractivity contribution in [2.45, 2.75) is 24.5 Å². The Kier molecular flexibility index (Phi) is 19.7. The SMILES string of the molecule is CC(O)(C[P+](c1ccccc1)(c1ccccc1)c1ccccc1)[P+](c1ccccc1)(c1ccccc1)c1ccccc1.CC(O)(C[P+](c1ccccc1)(c1ccccc1)c1ccccc1)[P+](c1ccccc1)(c1ccccc1)c1ccccc1.[Cu]. The molecular formula is C78H72CuO2P4+4. The predicted molar refractivity (Wildman–Crippen MR) is 372 cm³/mol. The first-order valence-electron chi connectivity index (χ1n) is 28.8. The second-order valence-corrected chi connectivity index (χ2v) is 36.4. The Labute approximate surface area is 517 Å². The summed E-state index contributed by atoms with van der Waals surface area (Å²) in [6.45, 7) is 4.22. The van der Waals surface area contributed by atoms with Crippen molar-refractivity contribution in [3.8, 4) is 0 Å². The molecule has 85 heavy (non-hydrogen) atoms. The van der Waals surface area contributed by atoms with Gasteiger partial charge in [-0.05, 0) is 146 Å². The van der Waals surface area contributed by atoms with Crippen LogP contribution in [0.15, 0.2) is 364 Å². The van der Waals surface area contributed by atoms with Crippen molar-refractivity contribution in [2.24, 2.45) is 0 Å². The number of rotatable bonds is 18. The van der Waals surface area contributed by atoms with Crippen molar-refractivity contribution in [3.63, 3.8) is 0 Å².